The fourth-order valence-corrected chi connectivity index (χ4v) is 7.53. The highest BCUT2D eigenvalue weighted by Crippen LogP contribution is 2.33. The van der Waals surface area contributed by atoms with Crippen molar-refractivity contribution in [1.82, 2.24) is 13.9 Å². The van der Waals surface area contributed by atoms with Crippen LogP contribution in [0.3, 0.4) is 0 Å². The lowest BCUT2D eigenvalue weighted by atomic mass is 9.84. The van der Waals surface area contributed by atoms with Crippen molar-refractivity contribution in [1.29, 1.82) is 0 Å². The van der Waals surface area contributed by atoms with E-state index < -0.39 is 51.6 Å². The molecule has 12 heteroatoms. The lowest BCUT2D eigenvalue weighted by Gasteiger charge is -2.37. The van der Waals surface area contributed by atoms with Crippen LogP contribution in [0.5, 0.6) is 0 Å². The highest BCUT2D eigenvalue weighted by Gasteiger charge is 2.37. The molecule has 1 saturated heterocycles. The molecule has 0 bridgehead atoms. The first-order valence-corrected chi connectivity index (χ1v) is 16.2. The van der Waals surface area contributed by atoms with Crippen LogP contribution in [0.25, 0.3) is 0 Å². The van der Waals surface area contributed by atoms with Crippen LogP contribution >= 0.6 is 0 Å². The maximum atomic E-state index is 15.4. The van der Waals surface area contributed by atoms with Crippen molar-refractivity contribution < 1.29 is 26.4 Å². The van der Waals surface area contributed by atoms with E-state index in [0.29, 0.717) is 55.3 Å². The largest absolute Gasteiger partial charge is 0.373 e. The van der Waals surface area contributed by atoms with Crippen molar-refractivity contribution in [3.05, 3.63) is 101 Å². The smallest absolute Gasteiger partial charge is 0.282 e. The van der Waals surface area contributed by atoms with Gasteiger partial charge in [-0.05, 0) is 79.1 Å². The summed E-state index contributed by atoms with van der Waals surface area (Å²) in [6, 6.07) is 14.1. The zero-order chi connectivity index (χ0) is 31.4. The third-order valence-electron chi connectivity index (χ3n) is 8.45. The number of amides is 1. The number of primary amides is 1. The highest BCUT2D eigenvalue weighted by atomic mass is 32.2. The third kappa shape index (κ3) is 7.43. The zero-order valence-corrected chi connectivity index (χ0v) is 25.4. The molecule has 8 nitrogen and oxygen atoms in total. The summed E-state index contributed by atoms with van der Waals surface area (Å²) in [4.78, 5) is 13.0. The molecule has 1 saturated carbocycles. The van der Waals surface area contributed by atoms with Crippen LogP contribution < -0.4 is 16.4 Å². The molecule has 0 aromatic heterocycles. The number of hydrogen-bond donors (Lipinski definition) is 3. The molecule has 2 fully saturated rings. The van der Waals surface area contributed by atoms with Crippen LogP contribution in [-0.4, -0.2) is 68.2 Å². The second-order valence-corrected chi connectivity index (χ2v) is 13.6. The van der Waals surface area contributed by atoms with E-state index in [4.69, 9.17) is 5.73 Å². The number of nitrogens with zero attached hydrogens (tertiary/aromatic N) is 2. The summed E-state index contributed by atoms with van der Waals surface area (Å²) in [6.07, 6.45) is 2.58. The molecular formula is C32H38F3N5O3S. The zero-order valence-electron chi connectivity index (χ0n) is 24.6. The highest BCUT2D eigenvalue weighted by molar-refractivity contribution is 7.86. The molecule has 3 aromatic rings. The summed E-state index contributed by atoms with van der Waals surface area (Å²) in [5.74, 6) is -2.54. The molecule has 5 rings (SSSR count). The lowest BCUT2D eigenvalue weighted by molar-refractivity contribution is -0.119. The van der Waals surface area contributed by atoms with E-state index in [0.717, 1.165) is 12.8 Å². The Morgan fingerprint density at radius 1 is 1.02 bits per heavy atom. The van der Waals surface area contributed by atoms with Gasteiger partial charge in [0.05, 0.1) is 0 Å². The fraction of sp³-hybridized carbons (Fsp3) is 0.406. The number of carbonyl (C=O) groups excluding carboxylic acids is 1. The van der Waals surface area contributed by atoms with Crippen LogP contribution in [0.15, 0.2) is 66.7 Å². The van der Waals surface area contributed by atoms with Gasteiger partial charge in [-0.25, -0.2) is 13.2 Å². The van der Waals surface area contributed by atoms with Crippen molar-refractivity contribution in [2.75, 3.05) is 38.5 Å². The molecule has 0 radical (unpaired) electrons. The van der Waals surface area contributed by atoms with E-state index in [1.165, 1.54) is 69.3 Å². The Balaban J connectivity index is 1.41. The summed E-state index contributed by atoms with van der Waals surface area (Å²) in [5.41, 5.74) is 7.62. The van der Waals surface area contributed by atoms with E-state index in [9.17, 15) is 22.0 Å². The summed E-state index contributed by atoms with van der Waals surface area (Å²) in [6.45, 7) is 1.74. The van der Waals surface area contributed by atoms with Gasteiger partial charge in [0, 0.05) is 56.4 Å². The number of carbonyl (C=O) groups is 1. The van der Waals surface area contributed by atoms with Crippen LogP contribution in [0, 0.1) is 23.4 Å². The van der Waals surface area contributed by atoms with Crippen LogP contribution in [-0.2, 0) is 21.4 Å². The minimum Gasteiger partial charge on any atom is -0.373 e. The van der Waals surface area contributed by atoms with Gasteiger partial charge in [-0.15, -0.1) is 0 Å². The van der Waals surface area contributed by atoms with Crippen molar-refractivity contribution >= 4 is 21.8 Å². The second kappa shape index (κ2) is 13.7. The molecule has 1 aliphatic carbocycles. The van der Waals surface area contributed by atoms with Gasteiger partial charge in [0.25, 0.3) is 10.2 Å². The van der Waals surface area contributed by atoms with Crippen molar-refractivity contribution in [2.24, 2.45) is 11.7 Å². The molecule has 4 N–H and O–H groups in total. The Morgan fingerprint density at radius 2 is 1.64 bits per heavy atom. The average Bonchev–Trinajstić information content (AvgIpc) is 3.82. The molecule has 236 valence electrons. The predicted molar refractivity (Wildman–Crippen MR) is 164 cm³/mol. The number of hydrogen-bond acceptors (Lipinski definition) is 5. The molecule has 0 spiro atoms. The number of anilines is 1. The van der Waals surface area contributed by atoms with Gasteiger partial charge >= 0.3 is 0 Å². The maximum Gasteiger partial charge on any atom is 0.282 e. The van der Waals surface area contributed by atoms with E-state index in [1.807, 2.05) is 0 Å². The van der Waals surface area contributed by atoms with Crippen LogP contribution in [0.1, 0.15) is 41.9 Å². The Hall–Kier alpha value is -3.45. The fourth-order valence-electron chi connectivity index (χ4n) is 5.89. The van der Waals surface area contributed by atoms with Gasteiger partial charge in [-0.1, -0.05) is 30.3 Å². The molecule has 1 aliphatic heterocycles. The first kappa shape index (κ1) is 32.0. The third-order valence-corrected chi connectivity index (χ3v) is 10.5. The van der Waals surface area contributed by atoms with Crippen LogP contribution in [0.4, 0.5) is 18.9 Å². The minimum absolute atomic E-state index is 0.183. The van der Waals surface area contributed by atoms with E-state index >= 15 is 4.39 Å². The number of nitrogens with two attached hydrogens (primary N) is 1. The minimum atomic E-state index is -3.70. The van der Waals surface area contributed by atoms with E-state index in [-0.39, 0.29) is 12.0 Å². The summed E-state index contributed by atoms with van der Waals surface area (Å²) in [7, 11) is -2.09. The number of rotatable bonds is 13. The van der Waals surface area contributed by atoms with Gasteiger partial charge < -0.3 is 16.4 Å². The lowest BCUT2D eigenvalue weighted by Crippen LogP contribution is -2.57. The average molecular weight is 630 g/mol. The van der Waals surface area contributed by atoms with E-state index in [1.54, 1.807) is 13.1 Å². The standard InChI is InChI=1S/C32H38F3N5O3S/c1-39(20-21-5-6-21)44(42,43)40-18-17-37-19-26(40)15-16-27-28(35)3-2-4-29(27)38-31(32(36)41)30(22-7-11-24(33)12-8-22)23-9-13-25(34)14-10-23/h2-4,7-14,21,26,30-31,37-38H,5-6,15-20H2,1H3,(H2,36,41)/t26-,31-/m0/s1. The topological polar surface area (TPSA) is 108 Å². The summed E-state index contributed by atoms with van der Waals surface area (Å²) in [5, 5.41) is 6.38. The van der Waals surface area contributed by atoms with Crippen molar-refractivity contribution in [3.63, 3.8) is 0 Å². The number of nitrogens with one attached hydrogen (secondary N) is 2. The first-order valence-electron chi connectivity index (χ1n) is 14.8. The second-order valence-electron chi connectivity index (χ2n) is 11.6. The molecule has 44 heavy (non-hydrogen) atoms. The molecule has 1 amide bonds. The number of piperazine rings is 1. The molecule has 2 aliphatic rings. The molecule has 3 aromatic carbocycles. The summed E-state index contributed by atoms with van der Waals surface area (Å²) < 4.78 is 72.8. The van der Waals surface area contributed by atoms with Crippen molar-refractivity contribution in [2.45, 2.75) is 43.7 Å². The van der Waals surface area contributed by atoms with Crippen LogP contribution in [0.2, 0.25) is 0 Å². The monoisotopic (exact) mass is 629 g/mol. The quantitative estimate of drug-likeness (QED) is 0.265. The normalized spacial score (nSPS) is 18.5. The molecule has 2 atom stereocenters. The maximum absolute atomic E-state index is 15.4. The van der Waals surface area contributed by atoms with Crippen molar-refractivity contribution in [3.8, 4) is 0 Å². The van der Waals surface area contributed by atoms with Gasteiger partial charge in [0.15, 0.2) is 0 Å². The Morgan fingerprint density at radius 3 is 2.20 bits per heavy atom. The SMILES string of the molecule is CN(CC1CC1)S(=O)(=O)N1CCNC[C@@H]1CCc1c(F)cccc1N[C@H](C(N)=O)C(c1ccc(F)cc1)c1ccc(F)cc1. The van der Waals surface area contributed by atoms with E-state index in [2.05, 4.69) is 10.6 Å². The van der Waals surface area contributed by atoms with Gasteiger partial charge in [0.1, 0.15) is 23.5 Å². The Bertz CT molecular complexity index is 1510. The first-order chi connectivity index (χ1) is 21.0. The molecule has 0 unspecified atom stereocenters. The molecular weight excluding hydrogens is 591 g/mol. The molecule has 1 heterocycles. The Labute approximate surface area is 256 Å². The number of halogens is 3. The van der Waals surface area contributed by atoms with Gasteiger partial charge in [-0.2, -0.15) is 17.0 Å². The Kier molecular flexibility index (Phi) is 9.94. The predicted octanol–water partition coefficient (Wildman–Crippen LogP) is 3.99. The van der Waals surface area contributed by atoms with Gasteiger partial charge in [-0.3, -0.25) is 4.79 Å². The number of benzene rings is 3. The summed E-state index contributed by atoms with van der Waals surface area (Å²) >= 11 is 0. The van der Waals surface area contributed by atoms with Gasteiger partial charge in [0.2, 0.25) is 5.91 Å².